The summed E-state index contributed by atoms with van der Waals surface area (Å²) < 4.78 is 59.0. The zero-order valence-electron chi connectivity index (χ0n) is 41.5. The van der Waals surface area contributed by atoms with Gasteiger partial charge in [0.2, 0.25) is 0 Å². The second-order valence-electron chi connectivity index (χ2n) is 20.0. The van der Waals surface area contributed by atoms with Crippen molar-refractivity contribution < 1.29 is 52.2 Å². The monoisotopic (exact) mass is 1010 g/mol. The van der Waals surface area contributed by atoms with E-state index in [2.05, 4.69) is 78.9 Å². The third kappa shape index (κ3) is 8.20. The number of ether oxygens (including phenoxy) is 10. The first kappa shape index (κ1) is 46.4. The summed E-state index contributed by atoms with van der Waals surface area (Å²) in [6.07, 6.45) is 0.711. The van der Waals surface area contributed by atoms with E-state index in [0.717, 1.165) is 106 Å². The maximum atomic E-state index is 14.1. The number of carbonyl (C=O) groups is 1. The number of fused-ring (bicyclic) bond motifs is 6. The van der Waals surface area contributed by atoms with E-state index in [9.17, 15) is 4.79 Å². The second kappa shape index (κ2) is 18.9. The van der Waals surface area contributed by atoms with Crippen molar-refractivity contribution in [1.29, 1.82) is 0 Å². The molecule has 0 aliphatic carbocycles. The Morgan fingerprint density at radius 1 is 0.408 bits per heavy atom. The lowest BCUT2D eigenvalue weighted by Crippen LogP contribution is -2.50. The molecule has 4 atom stereocenters. The van der Waals surface area contributed by atoms with Crippen molar-refractivity contribution in [3.05, 3.63) is 245 Å². The Balaban J connectivity index is 0.000000139. The van der Waals surface area contributed by atoms with Gasteiger partial charge in [0.05, 0.1) is 26.4 Å². The molecular formula is C64H53NO11. The highest BCUT2D eigenvalue weighted by molar-refractivity contribution is 6.13. The molecule has 7 heterocycles. The first-order valence-corrected chi connectivity index (χ1v) is 26.0. The van der Waals surface area contributed by atoms with Crippen LogP contribution < -0.4 is 33.3 Å². The fourth-order valence-corrected chi connectivity index (χ4v) is 11.1. The van der Waals surface area contributed by atoms with Crippen LogP contribution in [-0.4, -0.2) is 83.2 Å². The Kier molecular flexibility index (Phi) is 11.5. The molecule has 380 valence electrons. The highest BCUT2D eigenvalue weighted by Gasteiger charge is 2.70. The van der Waals surface area contributed by atoms with Crippen molar-refractivity contribution in [3.8, 4) is 34.5 Å². The van der Waals surface area contributed by atoms with Crippen molar-refractivity contribution in [2.45, 2.75) is 41.2 Å². The number of rotatable bonds is 17. The fraction of sp³-hybridized carbons (Fsp3) is 0.234. The number of para-hydroxylation sites is 1. The topological polar surface area (TPSA) is 126 Å². The van der Waals surface area contributed by atoms with Gasteiger partial charge in [0, 0.05) is 40.1 Å². The van der Waals surface area contributed by atoms with Crippen LogP contribution >= 0.6 is 0 Å². The van der Waals surface area contributed by atoms with Crippen LogP contribution in [0.3, 0.4) is 0 Å². The third-order valence-electron chi connectivity index (χ3n) is 15.1. The summed E-state index contributed by atoms with van der Waals surface area (Å²) in [7, 11) is 0. The van der Waals surface area contributed by atoms with Crippen molar-refractivity contribution >= 4 is 11.6 Å². The highest BCUT2D eigenvalue weighted by atomic mass is 16.7. The smallest absolute Gasteiger partial charge is 0.296 e. The molecule has 7 aliphatic rings. The van der Waals surface area contributed by atoms with Gasteiger partial charge in [-0.1, -0.05) is 133 Å². The number of nitrogens with zero attached hydrogens (tertiary/aromatic N) is 1. The maximum Gasteiger partial charge on any atom is 0.296 e. The molecule has 7 aliphatic heterocycles. The maximum absolute atomic E-state index is 14.1. The van der Waals surface area contributed by atoms with E-state index in [1.54, 1.807) is 0 Å². The zero-order chi connectivity index (χ0) is 50.7. The largest absolute Gasteiger partial charge is 0.491 e. The number of hydrogen-bond donors (Lipinski definition) is 0. The fourth-order valence-electron chi connectivity index (χ4n) is 11.1. The van der Waals surface area contributed by atoms with Gasteiger partial charge in [-0.25, -0.2) is 0 Å². The molecule has 0 radical (unpaired) electrons. The summed E-state index contributed by atoms with van der Waals surface area (Å²) in [5.41, 5.74) is 6.82. The van der Waals surface area contributed by atoms with Crippen LogP contribution in [0.15, 0.2) is 200 Å². The molecular weight excluding hydrogens is 959 g/mol. The molecule has 4 fully saturated rings. The normalized spacial score (nSPS) is 25.3. The molecule has 0 N–H and O–H groups in total. The Hall–Kier alpha value is -8.13. The molecule has 8 aromatic carbocycles. The van der Waals surface area contributed by atoms with E-state index < -0.39 is 16.7 Å². The Bertz CT molecular complexity index is 3270. The van der Waals surface area contributed by atoms with Gasteiger partial charge in [-0.3, -0.25) is 9.69 Å². The van der Waals surface area contributed by atoms with Crippen molar-refractivity contribution in [3.63, 3.8) is 0 Å². The molecule has 8 aromatic rings. The van der Waals surface area contributed by atoms with E-state index in [1.807, 2.05) is 126 Å². The molecule has 4 saturated heterocycles. The lowest BCUT2D eigenvalue weighted by molar-refractivity contribution is -0.119. The summed E-state index contributed by atoms with van der Waals surface area (Å²) in [5, 5.41) is 0. The molecule has 4 unspecified atom stereocenters. The first-order valence-electron chi connectivity index (χ1n) is 26.0. The number of epoxide rings is 4. The molecule has 0 bridgehead atoms. The molecule has 0 saturated carbocycles. The summed E-state index contributed by atoms with van der Waals surface area (Å²) in [6.45, 7) is 5.13. The van der Waals surface area contributed by atoms with Gasteiger partial charge in [-0.15, -0.1) is 0 Å². The van der Waals surface area contributed by atoms with E-state index in [0.29, 0.717) is 32.0 Å². The summed E-state index contributed by atoms with van der Waals surface area (Å²) in [5.74, 6) is 3.32. The summed E-state index contributed by atoms with van der Waals surface area (Å²) in [6, 6.07) is 66.7. The van der Waals surface area contributed by atoms with E-state index in [1.165, 1.54) is 0 Å². The van der Waals surface area contributed by atoms with Gasteiger partial charge in [0.25, 0.3) is 11.7 Å². The number of amides is 1. The Labute approximate surface area is 440 Å². The van der Waals surface area contributed by atoms with E-state index in [4.69, 9.17) is 47.4 Å². The highest BCUT2D eigenvalue weighted by Crippen LogP contribution is 2.67. The van der Waals surface area contributed by atoms with Crippen LogP contribution in [-0.2, 0) is 35.7 Å². The third-order valence-corrected chi connectivity index (χ3v) is 15.1. The number of anilines is 1. The van der Waals surface area contributed by atoms with Crippen LogP contribution in [0.1, 0.15) is 49.3 Å². The van der Waals surface area contributed by atoms with Crippen LogP contribution in [0, 0.1) is 0 Å². The standard InChI is InChI=1S/C32H27NO5.C32H26O6/c34-31-29-8-4-5-9-30(29)32(33(31)24-6-2-1-3-7-24,22-10-14-25(15-11-22)35-18-27-20-37-27)23-12-16-26(17-13-23)36-19-28-21-38-28;1-3-7-21(8-4-1)31-27-13-11-23(33-17-25-19-35-25)15-29(27)37-32(31,22-9-5-2-6-10-22)38-30-16-24(12-14-28(30)31)34-18-26-20-36-26/h1-17,27-28H,18-21H2;1-16,25-26H,17-20H2. The predicted octanol–water partition coefficient (Wildman–Crippen LogP) is 10.4. The SMILES string of the molecule is O=C1c2ccccc2C(c2ccc(OCC3CO3)cc2)(c2ccc(OCC3CO3)cc2)N1c1ccccc1.c1ccc(C23Oc4cc(OCC5CO5)ccc4C2(c2ccccc2)c2ccc(OCC4CO4)cc2O3)cc1. The van der Waals surface area contributed by atoms with E-state index in [-0.39, 0.29) is 30.3 Å². The molecule has 12 heteroatoms. The van der Waals surface area contributed by atoms with Gasteiger partial charge in [0.1, 0.15) is 96.3 Å². The Morgan fingerprint density at radius 3 is 1.26 bits per heavy atom. The number of hydrogen-bond acceptors (Lipinski definition) is 11. The summed E-state index contributed by atoms with van der Waals surface area (Å²) >= 11 is 0. The number of carbonyl (C=O) groups excluding carboxylic acids is 1. The van der Waals surface area contributed by atoms with Crippen LogP contribution in [0.5, 0.6) is 34.5 Å². The molecule has 76 heavy (non-hydrogen) atoms. The minimum atomic E-state index is -1.16. The van der Waals surface area contributed by atoms with Crippen LogP contribution in [0.2, 0.25) is 0 Å². The van der Waals surface area contributed by atoms with E-state index >= 15 is 0 Å². The molecule has 15 rings (SSSR count). The molecule has 12 nitrogen and oxygen atoms in total. The average molecular weight is 1010 g/mol. The minimum Gasteiger partial charge on any atom is -0.491 e. The lowest BCUT2D eigenvalue weighted by atomic mass is 9.64. The summed E-state index contributed by atoms with van der Waals surface area (Å²) in [4.78, 5) is 16.0. The Morgan fingerprint density at radius 2 is 0.803 bits per heavy atom. The van der Waals surface area contributed by atoms with Gasteiger partial charge in [0.15, 0.2) is 0 Å². The van der Waals surface area contributed by atoms with Gasteiger partial charge < -0.3 is 47.4 Å². The first-order chi connectivity index (χ1) is 37.5. The van der Waals surface area contributed by atoms with Gasteiger partial charge >= 0.3 is 0 Å². The van der Waals surface area contributed by atoms with Crippen LogP contribution in [0.25, 0.3) is 0 Å². The molecule has 1 amide bonds. The van der Waals surface area contributed by atoms with Crippen molar-refractivity contribution in [2.75, 3.05) is 57.8 Å². The minimum absolute atomic E-state index is 0.0378. The molecule has 0 aromatic heterocycles. The van der Waals surface area contributed by atoms with Crippen molar-refractivity contribution in [1.82, 2.24) is 0 Å². The quantitative estimate of drug-likeness (QED) is 0.0810. The number of benzene rings is 8. The second-order valence-corrected chi connectivity index (χ2v) is 20.0. The predicted molar refractivity (Wildman–Crippen MR) is 282 cm³/mol. The average Bonchev–Trinajstić information content (AvgIpc) is 4.40. The lowest BCUT2D eigenvalue weighted by Gasteiger charge is -2.40. The zero-order valence-corrected chi connectivity index (χ0v) is 41.5. The molecule has 0 spiro atoms. The van der Waals surface area contributed by atoms with Gasteiger partial charge in [-0.05, 0) is 76.9 Å². The van der Waals surface area contributed by atoms with Crippen LogP contribution in [0.4, 0.5) is 5.69 Å². The van der Waals surface area contributed by atoms with Gasteiger partial charge in [-0.2, -0.15) is 0 Å². The van der Waals surface area contributed by atoms with Crippen molar-refractivity contribution in [2.24, 2.45) is 0 Å².